The number of nitrogens with one attached hydrogen (secondary N) is 4. The number of hydrogen-bond donors (Lipinski definition) is 4. The number of pyridine rings is 2. The highest BCUT2D eigenvalue weighted by Crippen LogP contribution is 2.37. The second-order valence-electron chi connectivity index (χ2n) is 12.2. The van der Waals surface area contributed by atoms with Crippen LogP contribution in [0.25, 0.3) is 21.8 Å². The summed E-state index contributed by atoms with van der Waals surface area (Å²) in [6.07, 6.45) is 2.19. The normalized spacial score (nSPS) is 14.3. The average Bonchev–Trinajstić information content (AvgIpc) is 3.48. The molecule has 4 N–H and O–H groups in total. The van der Waals surface area contributed by atoms with Crippen LogP contribution in [-0.4, -0.2) is 33.5 Å². The van der Waals surface area contributed by atoms with Crippen LogP contribution >= 0.6 is 0 Å². The molecule has 4 aromatic rings. The lowest BCUT2D eigenvalue weighted by Crippen LogP contribution is -2.53. The van der Waals surface area contributed by atoms with Crippen LogP contribution in [0.2, 0.25) is 0 Å². The quantitative estimate of drug-likeness (QED) is 0.188. The van der Waals surface area contributed by atoms with Crippen molar-refractivity contribution in [1.29, 1.82) is 10.5 Å². The van der Waals surface area contributed by atoms with Gasteiger partial charge in [0, 0.05) is 41.6 Å². The van der Waals surface area contributed by atoms with Crippen LogP contribution in [0.15, 0.2) is 66.8 Å². The van der Waals surface area contributed by atoms with Gasteiger partial charge in [-0.05, 0) is 49.1 Å². The van der Waals surface area contributed by atoms with Crippen LogP contribution < -0.4 is 21.6 Å². The molecule has 0 amide bonds. The SMILES string of the molecule is CC(C)(C)CNc1c(C#N)cnc2c(C#N)cc(N[C@H](C3=CN(C(C)(C)C(F)F)NN3)c3cccc4ncccc34)cc12. The Kier molecular flexibility index (Phi) is 7.78. The van der Waals surface area contributed by atoms with E-state index in [-0.39, 0.29) is 5.41 Å². The largest absolute Gasteiger partial charge is 0.383 e. The molecule has 0 saturated heterocycles. The Morgan fingerprint density at radius 2 is 1.74 bits per heavy atom. The molecule has 43 heavy (non-hydrogen) atoms. The minimum Gasteiger partial charge on any atom is -0.383 e. The summed E-state index contributed by atoms with van der Waals surface area (Å²) in [6, 6.07) is 17.0. The van der Waals surface area contributed by atoms with E-state index in [0.717, 1.165) is 16.5 Å². The van der Waals surface area contributed by atoms with E-state index in [0.29, 0.717) is 45.6 Å². The standard InChI is InChI=1S/C32H33F2N9/c1-31(2,3)18-39-28-20(15-36)16-38-27-19(14-35)12-21(13-24(27)28)40-29(23-8-6-10-25-22(23)9-7-11-37-25)26-17-43(42-41-26)32(4,5)30(33)34/h6-13,16-17,29-30,40-42H,18H2,1-5H3,(H,38,39)/t29-/m0/s1. The fraction of sp³-hybridized carbons (Fsp3) is 0.312. The van der Waals surface area contributed by atoms with Crippen LogP contribution in [0.5, 0.6) is 0 Å². The van der Waals surface area contributed by atoms with Crippen LogP contribution in [0.3, 0.4) is 0 Å². The Bertz CT molecular complexity index is 1790. The smallest absolute Gasteiger partial charge is 0.262 e. The third kappa shape index (κ3) is 5.85. The second-order valence-corrected chi connectivity index (χ2v) is 12.2. The van der Waals surface area contributed by atoms with E-state index in [1.54, 1.807) is 18.5 Å². The van der Waals surface area contributed by atoms with Gasteiger partial charge in [0.25, 0.3) is 6.43 Å². The summed E-state index contributed by atoms with van der Waals surface area (Å²) in [4.78, 5) is 8.94. The molecule has 0 saturated carbocycles. The zero-order chi connectivity index (χ0) is 30.9. The molecule has 5 rings (SSSR count). The average molecular weight is 582 g/mol. The maximum Gasteiger partial charge on any atom is 0.262 e. The summed E-state index contributed by atoms with van der Waals surface area (Å²) in [7, 11) is 0. The first-order valence-corrected chi connectivity index (χ1v) is 13.8. The summed E-state index contributed by atoms with van der Waals surface area (Å²) < 4.78 is 27.8. The molecule has 2 aromatic heterocycles. The molecule has 0 unspecified atom stereocenters. The number of hydrogen-bond acceptors (Lipinski definition) is 9. The van der Waals surface area contributed by atoms with E-state index < -0.39 is 18.0 Å². The summed E-state index contributed by atoms with van der Waals surface area (Å²) in [6.45, 7) is 9.74. The first-order valence-electron chi connectivity index (χ1n) is 13.8. The third-order valence-corrected chi connectivity index (χ3v) is 7.36. The fourth-order valence-electron chi connectivity index (χ4n) is 4.86. The van der Waals surface area contributed by atoms with Gasteiger partial charge in [0.15, 0.2) is 0 Å². The second kappa shape index (κ2) is 11.3. The van der Waals surface area contributed by atoms with Crippen molar-refractivity contribution in [3.63, 3.8) is 0 Å². The highest BCUT2D eigenvalue weighted by molar-refractivity contribution is 5.99. The topological polar surface area (TPSA) is 125 Å². The minimum atomic E-state index is -2.62. The van der Waals surface area contributed by atoms with Crippen molar-refractivity contribution in [3.8, 4) is 12.1 Å². The maximum atomic E-state index is 13.9. The number of alkyl halides is 2. The van der Waals surface area contributed by atoms with Crippen molar-refractivity contribution in [1.82, 2.24) is 25.9 Å². The predicted molar refractivity (Wildman–Crippen MR) is 164 cm³/mol. The van der Waals surface area contributed by atoms with E-state index in [4.69, 9.17) is 0 Å². The maximum absolute atomic E-state index is 13.9. The van der Waals surface area contributed by atoms with E-state index in [9.17, 15) is 19.3 Å². The predicted octanol–water partition coefficient (Wildman–Crippen LogP) is 6.35. The van der Waals surface area contributed by atoms with Gasteiger partial charge in [-0.2, -0.15) is 10.5 Å². The molecule has 1 aliphatic rings. The highest BCUT2D eigenvalue weighted by atomic mass is 19.3. The first-order chi connectivity index (χ1) is 20.4. The van der Waals surface area contributed by atoms with E-state index in [1.807, 2.05) is 36.4 Å². The van der Waals surface area contributed by atoms with Crippen molar-refractivity contribution in [2.24, 2.45) is 5.41 Å². The van der Waals surface area contributed by atoms with Gasteiger partial charge in [0.05, 0.1) is 39.6 Å². The molecule has 2 aromatic carbocycles. The molecule has 9 nitrogen and oxygen atoms in total. The van der Waals surface area contributed by atoms with Gasteiger partial charge >= 0.3 is 0 Å². The fourth-order valence-corrected chi connectivity index (χ4v) is 4.86. The van der Waals surface area contributed by atoms with Gasteiger partial charge < -0.3 is 16.1 Å². The van der Waals surface area contributed by atoms with E-state index >= 15 is 0 Å². The number of nitrogens with zero attached hydrogens (tertiary/aromatic N) is 5. The number of halogens is 2. The van der Waals surface area contributed by atoms with Gasteiger partial charge in [-0.15, -0.1) is 5.53 Å². The lowest BCUT2D eigenvalue weighted by molar-refractivity contribution is -0.0311. The van der Waals surface area contributed by atoms with Gasteiger partial charge in [0.1, 0.15) is 17.7 Å². The molecule has 1 aliphatic heterocycles. The number of anilines is 2. The van der Waals surface area contributed by atoms with Gasteiger partial charge in [-0.3, -0.25) is 15.0 Å². The van der Waals surface area contributed by atoms with Crippen LogP contribution in [0, 0.1) is 28.1 Å². The Morgan fingerprint density at radius 3 is 2.44 bits per heavy atom. The number of benzene rings is 2. The summed E-state index contributed by atoms with van der Waals surface area (Å²) in [5.74, 6) is 0. The molecule has 0 radical (unpaired) electrons. The summed E-state index contributed by atoms with van der Waals surface area (Å²) in [5.41, 5.74) is 8.91. The Labute approximate surface area is 249 Å². The molecular weight excluding hydrogens is 548 g/mol. The Balaban J connectivity index is 1.67. The van der Waals surface area contributed by atoms with Crippen molar-refractivity contribution < 1.29 is 8.78 Å². The summed E-state index contributed by atoms with van der Waals surface area (Å²) >= 11 is 0. The number of hydrazine groups is 2. The molecule has 11 heteroatoms. The first kappa shape index (κ1) is 29.5. The van der Waals surface area contributed by atoms with Gasteiger partial charge in [-0.1, -0.05) is 39.0 Å². The van der Waals surface area contributed by atoms with E-state index in [2.05, 4.69) is 64.5 Å². The molecule has 0 aliphatic carbocycles. The summed E-state index contributed by atoms with van der Waals surface area (Å²) in [5, 5.41) is 29.7. The monoisotopic (exact) mass is 581 g/mol. The Morgan fingerprint density at radius 1 is 0.977 bits per heavy atom. The molecule has 0 spiro atoms. The molecule has 1 atom stereocenters. The number of aromatic nitrogens is 2. The zero-order valence-corrected chi connectivity index (χ0v) is 24.6. The van der Waals surface area contributed by atoms with Crippen LogP contribution in [-0.2, 0) is 0 Å². The van der Waals surface area contributed by atoms with Gasteiger partial charge in [-0.25, -0.2) is 8.78 Å². The van der Waals surface area contributed by atoms with E-state index in [1.165, 1.54) is 25.1 Å². The molecule has 220 valence electrons. The van der Waals surface area contributed by atoms with Gasteiger partial charge in [0.2, 0.25) is 0 Å². The number of fused-ring (bicyclic) bond motifs is 2. The lowest BCUT2D eigenvalue weighted by atomic mass is 9.96. The highest BCUT2D eigenvalue weighted by Gasteiger charge is 2.38. The van der Waals surface area contributed by atoms with Crippen molar-refractivity contribution in [2.75, 3.05) is 17.2 Å². The molecule has 0 fully saturated rings. The van der Waals surface area contributed by atoms with Crippen molar-refractivity contribution >= 4 is 33.2 Å². The molecule has 0 bridgehead atoms. The zero-order valence-electron chi connectivity index (χ0n) is 24.6. The van der Waals surface area contributed by atoms with Crippen LogP contribution in [0.4, 0.5) is 20.2 Å². The van der Waals surface area contributed by atoms with Crippen molar-refractivity contribution in [2.45, 2.75) is 52.6 Å². The molecule has 3 heterocycles. The van der Waals surface area contributed by atoms with Crippen molar-refractivity contribution in [3.05, 3.63) is 83.4 Å². The number of rotatable bonds is 8. The minimum absolute atomic E-state index is 0.0742. The lowest BCUT2D eigenvalue weighted by Gasteiger charge is -2.33. The molecular formula is C32H33F2N9. The third-order valence-electron chi connectivity index (χ3n) is 7.36. The number of nitriles is 2. The Hall–Kier alpha value is -5.00. The van der Waals surface area contributed by atoms with Crippen LogP contribution in [0.1, 0.15) is 57.4 Å².